The van der Waals surface area contributed by atoms with E-state index in [1.54, 1.807) is 24.3 Å². The van der Waals surface area contributed by atoms with Crippen LogP contribution in [0, 0.1) is 0 Å². The maximum absolute atomic E-state index is 12.5. The van der Waals surface area contributed by atoms with E-state index in [4.69, 9.17) is 5.73 Å². The number of aromatic amines is 1. The lowest BCUT2D eigenvalue weighted by atomic mass is 10.0. The number of para-hydroxylation sites is 1. The minimum absolute atomic E-state index is 0.142. The van der Waals surface area contributed by atoms with Gasteiger partial charge >= 0.3 is 5.97 Å². The first-order chi connectivity index (χ1) is 14.8. The van der Waals surface area contributed by atoms with Gasteiger partial charge in [0.25, 0.3) is 0 Å². The van der Waals surface area contributed by atoms with Gasteiger partial charge in [-0.25, -0.2) is 4.79 Å². The van der Waals surface area contributed by atoms with Crippen molar-refractivity contribution in [2.75, 3.05) is 0 Å². The highest BCUT2D eigenvalue weighted by Gasteiger charge is 2.25. The highest BCUT2D eigenvalue weighted by molar-refractivity contribution is 5.92. The molecule has 0 saturated carbocycles. The van der Waals surface area contributed by atoms with Gasteiger partial charge < -0.3 is 26.5 Å². The molecule has 1 heterocycles. The van der Waals surface area contributed by atoms with Crippen LogP contribution in [0.15, 0.2) is 60.8 Å². The molecule has 3 aromatic rings. The third-order valence-electron chi connectivity index (χ3n) is 5.10. The molecule has 3 atom stereocenters. The summed E-state index contributed by atoms with van der Waals surface area (Å²) < 4.78 is 0. The number of carboxylic acid groups (broad SMARTS) is 1. The van der Waals surface area contributed by atoms with Crippen molar-refractivity contribution >= 4 is 28.7 Å². The van der Waals surface area contributed by atoms with Crippen LogP contribution in [0.2, 0.25) is 0 Å². The molecule has 2 aromatic carbocycles. The fraction of sp³-hybridized carbons (Fsp3) is 0.261. The van der Waals surface area contributed by atoms with E-state index < -0.39 is 35.9 Å². The molecule has 2 amide bonds. The molecule has 3 rings (SSSR count). The number of hydrogen-bond donors (Lipinski definition) is 5. The first-order valence-electron chi connectivity index (χ1n) is 10.0. The minimum Gasteiger partial charge on any atom is -0.480 e. The lowest BCUT2D eigenvalue weighted by molar-refractivity contribution is -0.142. The molecule has 0 radical (unpaired) electrons. The van der Waals surface area contributed by atoms with Gasteiger partial charge in [-0.05, 0) is 30.5 Å². The van der Waals surface area contributed by atoms with Crippen molar-refractivity contribution in [1.29, 1.82) is 0 Å². The largest absolute Gasteiger partial charge is 0.480 e. The molecule has 31 heavy (non-hydrogen) atoms. The van der Waals surface area contributed by atoms with Gasteiger partial charge in [0.05, 0.1) is 6.04 Å². The van der Waals surface area contributed by atoms with E-state index in [2.05, 4.69) is 15.6 Å². The zero-order chi connectivity index (χ0) is 22.4. The summed E-state index contributed by atoms with van der Waals surface area (Å²) in [6.07, 6.45) is 2.26. The van der Waals surface area contributed by atoms with Crippen molar-refractivity contribution in [3.63, 3.8) is 0 Å². The van der Waals surface area contributed by atoms with Gasteiger partial charge in [-0.1, -0.05) is 48.5 Å². The van der Waals surface area contributed by atoms with Gasteiger partial charge in [0.1, 0.15) is 12.1 Å². The molecule has 1 aromatic heterocycles. The Kier molecular flexibility index (Phi) is 7.04. The van der Waals surface area contributed by atoms with Crippen molar-refractivity contribution in [2.45, 2.75) is 37.9 Å². The number of carbonyl (C=O) groups is 3. The normalized spacial score (nSPS) is 13.9. The average molecular weight is 422 g/mol. The number of hydrogen-bond acceptors (Lipinski definition) is 4. The fourth-order valence-corrected chi connectivity index (χ4v) is 3.36. The van der Waals surface area contributed by atoms with E-state index in [0.29, 0.717) is 6.42 Å². The average Bonchev–Trinajstić information content (AvgIpc) is 3.16. The Bertz CT molecular complexity index is 1060. The summed E-state index contributed by atoms with van der Waals surface area (Å²) in [5.41, 5.74) is 8.69. The van der Waals surface area contributed by atoms with Crippen LogP contribution >= 0.6 is 0 Å². The predicted octanol–water partition coefficient (Wildman–Crippen LogP) is 1.35. The van der Waals surface area contributed by atoms with Gasteiger partial charge in [0.15, 0.2) is 0 Å². The SMILES string of the molecule is C[C@H](NC(=O)[C@@H](N)Cc1c[nH]c2ccccc12)C(=O)N[C@@H](Cc1ccccc1)C(=O)O. The van der Waals surface area contributed by atoms with E-state index in [1.165, 1.54) is 6.92 Å². The van der Waals surface area contributed by atoms with Crippen molar-refractivity contribution in [2.24, 2.45) is 5.73 Å². The zero-order valence-corrected chi connectivity index (χ0v) is 17.2. The number of carboxylic acids is 1. The van der Waals surface area contributed by atoms with Crippen molar-refractivity contribution < 1.29 is 19.5 Å². The Labute approximate surface area is 179 Å². The number of aliphatic carboxylic acids is 1. The van der Waals surface area contributed by atoms with Crippen LogP contribution in [-0.4, -0.2) is 46.0 Å². The highest BCUT2D eigenvalue weighted by Crippen LogP contribution is 2.18. The molecule has 0 unspecified atom stereocenters. The number of H-pyrrole nitrogens is 1. The van der Waals surface area contributed by atoms with Gasteiger partial charge in [0.2, 0.25) is 11.8 Å². The Morgan fingerprint density at radius 1 is 0.968 bits per heavy atom. The Morgan fingerprint density at radius 2 is 1.65 bits per heavy atom. The molecule has 0 fully saturated rings. The summed E-state index contributed by atoms with van der Waals surface area (Å²) in [4.78, 5) is 39.6. The monoisotopic (exact) mass is 422 g/mol. The number of carbonyl (C=O) groups excluding carboxylic acids is 2. The highest BCUT2D eigenvalue weighted by atomic mass is 16.4. The molecule has 0 aliphatic heterocycles. The summed E-state index contributed by atoms with van der Waals surface area (Å²) in [6, 6.07) is 13.8. The molecule has 0 aliphatic carbocycles. The zero-order valence-electron chi connectivity index (χ0n) is 17.2. The second kappa shape index (κ2) is 9.90. The fourth-order valence-electron chi connectivity index (χ4n) is 3.36. The van der Waals surface area contributed by atoms with E-state index in [-0.39, 0.29) is 6.42 Å². The predicted molar refractivity (Wildman–Crippen MR) is 117 cm³/mol. The first kappa shape index (κ1) is 22.0. The quantitative estimate of drug-likeness (QED) is 0.354. The number of nitrogens with one attached hydrogen (secondary N) is 3. The van der Waals surface area contributed by atoms with Crippen LogP contribution in [0.4, 0.5) is 0 Å². The number of fused-ring (bicyclic) bond motifs is 1. The molecular weight excluding hydrogens is 396 g/mol. The van der Waals surface area contributed by atoms with E-state index in [9.17, 15) is 19.5 Å². The number of rotatable bonds is 9. The van der Waals surface area contributed by atoms with Crippen molar-refractivity contribution in [3.05, 3.63) is 71.9 Å². The summed E-state index contributed by atoms with van der Waals surface area (Å²) in [6.45, 7) is 1.49. The third kappa shape index (κ3) is 5.70. The standard InChI is InChI=1S/C23H26N4O4/c1-14(21(28)27-20(23(30)31)11-15-7-3-2-4-8-15)26-22(29)18(24)12-16-13-25-19-10-6-5-9-17(16)19/h2-10,13-14,18,20,25H,11-12,24H2,1H3,(H,26,29)(H,27,28)(H,30,31)/t14-,18-,20-/m0/s1. The summed E-state index contributed by atoms with van der Waals surface area (Å²) in [5, 5.41) is 15.5. The first-order valence-corrected chi connectivity index (χ1v) is 10.0. The minimum atomic E-state index is -1.15. The number of amides is 2. The Morgan fingerprint density at radius 3 is 2.35 bits per heavy atom. The van der Waals surface area contributed by atoms with Gasteiger partial charge in [-0.15, -0.1) is 0 Å². The molecule has 162 valence electrons. The summed E-state index contributed by atoms with van der Waals surface area (Å²) in [7, 11) is 0. The van der Waals surface area contributed by atoms with Crippen LogP contribution in [0.25, 0.3) is 10.9 Å². The van der Waals surface area contributed by atoms with Crippen LogP contribution in [-0.2, 0) is 27.2 Å². The van der Waals surface area contributed by atoms with Crippen molar-refractivity contribution in [3.8, 4) is 0 Å². The Hall–Kier alpha value is -3.65. The molecule has 0 spiro atoms. The van der Waals surface area contributed by atoms with Crippen LogP contribution in [0.5, 0.6) is 0 Å². The lowest BCUT2D eigenvalue weighted by Gasteiger charge is -2.20. The van der Waals surface area contributed by atoms with Gasteiger partial charge in [-0.2, -0.15) is 0 Å². The topological polar surface area (TPSA) is 137 Å². The molecule has 8 heteroatoms. The second-order valence-corrected chi connectivity index (χ2v) is 7.49. The van der Waals surface area contributed by atoms with Gasteiger partial charge in [0, 0.05) is 23.5 Å². The summed E-state index contributed by atoms with van der Waals surface area (Å²) in [5.74, 6) is -2.22. The maximum atomic E-state index is 12.5. The molecule has 0 aliphatic rings. The maximum Gasteiger partial charge on any atom is 0.326 e. The van der Waals surface area contributed by atoms with Crippen molar-refractivity contribution in [1.82, 2.24) is 15.6 Å². The van der Waals surface area contributed by atoms with Crippen LogP contribution in [0.1, 0.15) is 18.1 Å². The van der Waals surface area contributed by atoms with E-state index >= 15 is 0 Å². The molecule has 0 saturated heterocycles. The Balaban J connectivity index is 1.56. The van der Waals surface area contributed by atoms with Crippen LogP contribution in [0.3, 0.4) is 0 Å². The molecular formula is C23H26N4O4. The molecule has 8 nitrogen and oxygen atoms in total. The van der Waals surface area contributed by atoms with E-state index in [1.807, 2.05) is 36.5 Å². The second-order valence-electron chi connectivity index (χ2n) is 7.49. The van der Waals surface area contributed by atoms with E-state index in [0.717, 1.165) is 22.0 Å². The summed E-state index contributed by atoms with van der Waals surface area (Å²) >= 11 is 0. The van der Waals surface area contributed by atoms with Gasteiger partial charge in [-0.3, -0.25) is 9.59 Å². The number of benzene rings is 2. The smallest absolute Gasteiger partial charge is 0.326 e. The number of nitrogens with two attached hydrogens (primary N) is 1. The number of aromatic nitrogens is 1. The lowest BCUT2D eigenvalue weighted by Crippen LogP contribution is -2.54. The van der Waals surface area contributed by atoms with Crippen LogP contribution < -0.4 is 16.4 Å². The third-order valence-corrected chi connectivity index (χ3v) is 5.10. The molecule has 0 bridgehead atoms. The molecule has 6 N–H and O–H groups in total.